The normalized spacial score (nSPS) is 12.9. The monoisotopic (exact) mass is 599 g/mol. The van der Waals surface area contributed by atoms with E-state index in [1.807, 2.05) is 32.9 Å². The van der Waals surface area contributed by atoms with Crippen LogP contribution in [-0.4, -0.2) is 17.6 Å². The molecule has 1 saturated carbocycles. The number of hydrogen-bond acceptors (Lipinski definition) is 3. The maximum atomic E-state index is 11.7. The largest absolute Gasteiger partial charge is 0.466 e. The molecule has 3 nitrogen and oxygen atoms in total. The molecule has 1 heterocycles. The van der Waals surface area contributed by atoms with Gasteiger partial charge in [-0.15, -0.1) is 0 Å². The molecule has 0 amide bonds. The first-order chi connectivity index (χ1) is 21.0. The Hall–Kier alpha value is -2.94. The maximum absolute atomic E-state index is 11.7. The fraction of sp³-hybridized carbons (Fsp3) is 0.561. The Morgan fingerprint density at radius 1 is 0.864 bits per heavy atom. The first-order valence-corrected chi connectivity index (χ1v) is 17.3. The molecule has 0 bridgehead atoms. The number of aryl methyl sites for hydroxylation is 3. The number of ether oxygens (including phenoxy) is 1. The van der Waals surface area contributed by atoms with Crippen molar-refractivity contribution in [3.05, 3.63) is 88.1 Å². The van der Waals surface area contributed by atoms with E-state index in [9.17, 15) is 4.79 Å². The average Bonchev–Trinajstić information content (AvgIpc) is 3.80. The van der Waals surface area contributed by atoms with E-state index in [-0.39, 0.29) is 17.8 Å². The van der Waals surface area contributed by atoms with Gasteiger partial charge in [0.15, 0.2) is 0 Å². The van der Waals surface area contributed by atoms with Gasteiger partial charge in [0.1, 0.15) is 0 Å². The second-order valence-electron chi connectivity index (χ2n) is 13.5. The van der Waals surface area contributed by atoms with Crippen LogP contribution in [0.25, 0.3) is 11.3 Å². The molecular weight excluding hydrogens is 538 g/mol. The van der Waals surface area contributed by atoms with Crippen molar-refractivity contribution in [2.45, 2.75) is 133 Å². The first-order valence-electron chi connectivity index (χ1n) is 17.3. The number of rotatable bonds is 11. The van der Waals surface area contributed by atoms with Crippen LogP contribution < -0.4 is 0 Å². The Kier molecular flexibility index (Phi) is 14.8. The second-order valence-corrected chi connectivity index (χ2v) is 13.5. The first kappa shape index (κ1) is 37.2. The van der Waals surface area contributed by atoms with Gasteiger partial charge in [-0.2, -0.15) is 0 Å². The summed E-state index contributed by atoms with van der Waals surface area (Å²) in [4.78, 5) is 16.4. The standard InChI is InChI=1S/C31H39NO2.C8H16.C2H6/c1-7-11-25-13-14-26(18-22(25)5)31(8-2,9-3)27-15-16-28(23(6)19-27)29-17-12-24(21-32-29)20-30(33)34-10-4;1-8(2,3)6-7-4-5-7;1-2/h12-19,21H,7-11,20H2,1-6H3;7H,4-6H2,1-3H3;1-2H3. The second kappa shape index (κ2) is 17.5. The van der Waals surface area contributed by atoms with E-state index >= 15 is 0 Å². The highest BCUT2D eigenvalue weighted by molar-refractivity contribution is 5.73. The van der Waals surface area contributed by atoms with Gasteiger partial charge >= 0.3 is 5.97 Å². The lowest BCUT2D eigenvalue weighted by Crippen LogP contribution is -2.26. The molecule has 0 atom stereocenters. The Morgan fingerprint density at radius 3 is 1.91 bits per heavy atom. The Bertz CT molecular complexity index is 1290. The van der Waals surface area contributed by atoms with E-state index in [1.165, 1.54) is 53.5 Å². The number of hydrogen-bond donors (Lipinski definition) is 0. The SMILES string of the molecule is CC.CC(C)(C)CC1CC1.CCCc1ccc(C(CC)(CC)c2ccc(-c3ccc(CC(=O)OCC)cn3)c(C)c2)cc1C. The quantitative estimate of drug-likeness (QED) is 0.206. The molecule has 0 saturated heterocycles. The molecule has 0 unspecified atom stereocenters. The number of carbonyl (C=O) groups is 1. The van der Waals surface area contributed by atoms with Gasteiger partial charge in [-0.05, 0) is 97.2 Å². The summed E-state index contributed by atoms with van der Waals surface area (Å²) < 4.78 is 5.04. The summed E-state index contributed by atoms with van der Waals surface area (Å²) in [6.45, 7) is 24.4. The summed E-state index contributed by atoms with van der Waals surface area (Å²) >= 11 is 0. The lowest BCUT2D eigenvalue weighted by molar-refractivity contribution is -0.142. The van der Waals surface area contributed by atoms with Crippen LogP contribution in [0.5, 0.6) is 0 Å². The number of nitrogens with zero attached hydrogens (tertiary/aromatic N) is 1. The van der Waals surface area contributed by atoms with E-state index in [4.69, 9.17) is 4.74 Å². The molecule has 1 aromatic heterocycles. The zero-order valence-electron chi connectivity index (χ0n) is 29.9. The van der Waals surface area contributed by atoms with Gasteiger partial charge in [-0.1, -0.05) is 117 Å². The molecular formula is C41H61NO2. The fourth-order valence-corrected chi connectivity index (χ4v) is 6.28. The number of carbonyl (C=O) groups excluding carboxylic acids is 1. The number of pyridine rings is 1. The predicted octanol–water partition coefficient (Wildman–Crippen LogP) is 11.4. The van der Waals surface area contributed by atoms with Crippen LogP contribution in [0.15, 0.2) is 54.7 Å². The van der Waals surface area contributed by atoms with Crippen LogP contribution in [0, 0.1) is 25.2 Å². The van der Waals surface area contributed by atoms with Crippen LogP contribution in [-0.2, 0) is 27.8 Å². The zero-order valence-corrected chi connectivity index (χ0v) is 29.9. The number of aromatic nitrogens is 1. The minimum atomic E-state index is -0.217. The van der Waals surface area contributed by atoms with Gasteiger partial charge in [0.25, 0.3) is 0 Å². The molecule has 0 spiro atoms. The molecule has 3 aromatic rings. The predicted molar refractivity (Wildman–Crippen MR) is 189 cm³/mol. The van der Waals surface area contributed by atoms with Crippen molar-refractivity contribution < 1.29 is 9.53 Å². The third kappa shape index (κ3) is 10.6. The van der Waals surface area contributed by atoms with Crippen LogP contribution in [0.3, 0.4) is 0 Å². The number of benzene rings is 2. The van der Waals surface area contributed by atoms with E-state index in [0.717, 1.165) is 42.0 Å². The molecule has 4 rings (SSSR count). The van der Waals surface area contributed by atoms with Crippen molar-refractivity contribution in [1.82, 2.24) is 4.98 Å². The smallest absolute Gasteiger partial charge is 0.310 e. The summed E-state index contributed by atoms with van der Waals surface area (Å²) in [5.74, 6) is 0.876. The Balaban J connectivity index is 0.000000577. The average molecular weight is 600 g/mol. The molecule has 0 N–H and O–H groups in total. The fourth-order valence-electron chi connectivity index (χ4n) is 6.28. The van der Waals surface area contributed by atoms with Crippen LogP contribution in [0.2, 0.25) is 0 Å². The third-order valence-corrected chi connectivity index (χ3v) is 8.75. The van der Waals surface area contributed by atoms with E-state index in [1.54, 1.807) is 6.20 Å². The molecule has 1 aliphatic rings. The molecule has 1 fully saturated rings. The van der Waals surface area contributed by atoms with Gasteiger partial charge in [0.05, 0.1) is 18.7 Å². The zero-order chi connectivity index (χ0) is 32.9. The van der Waals surface area contributed by atoms with Gasteiger partial charge in [0.2, 0.25) is 0 Å². The number of esters is 1. The molecule has 242 valence electrons. The summed E-state index contributed by atoms with van der Waals surface area (Å²) in [5.41, 5.74) is 10.3. The van der Waals surface area contributed by atoms with Crippen molar-refractivity contribution in [1.29, 1.82) is 0 Å². The highest BCUT2D eigenvalue weighted by Gasteiger charge is 2.31. The van der Waals surface area contributed by atoms with Crippen LogP contribution in [0.4, 0.5) is 0 Å². The van der Waals surface area contributed by atoms with Crippen molar-refractivity contribution in [3.63, 3.8) is 0 Å². The van der Waals surface area contributed by atoms with Gasteiger partial charge in [-0.3, -0.25) is 9.78 Å². The van der Waals surface area contributed by atoms with E-state index < -0.39 is 0 Å². The molecule has 44 heavy (non-hydrogen) atoms. The topological polar surface area (TPSA) is 39.2 Å². The Morgan fingerprint density at radius 2 is 1.48 bits per heavy atom. The molecule has 2 aromatic carbocycles. The van der Waals surface area contributed by atoms with Crippen molar-refractivity contribution in [3.8, 4) is 11.3 Å². The lowest BCUT2D eigenvalue weighted by atomic mass is 9.69. The molecule has 0 aliphatic heterocycles. The third-order valence-electron chi connectivity index (χ3n) is 8.75. The highest BCUT2D eigenvalue weighted by Crippen LogP contribution is 2.41. The summed E-state index contributed by atoms with van der Waals surface area (Å²) in [6.07, 6.45) is 10.9. The molecule has 3 heteroatoms. The Labute approximate surface area is 270 Å². The van der Waals surface area contributed by atoms with Crippen LogP contribution in [0.1, 0.15) is 134 Å². The van der Waals surface area contributed by atoms with Gasteiger partial charge in [0, 0.05) is 17.2 Å². The minimum absolute atomic E-state index is 0.00425. The minimum Gasteiger partial charge on any atom is -0.466 e. The van der Waals surface area contributed by atoms with Gasteiger partial charge in [-0.25, -0.2) is 0 Å². The van der Waals surface area contributed by atoms with Crippen molar-refractivity contribution >= 4 is 5.97 Å². The van der Waals surface area contributed by atoms with Gasteiger partial charge < -0.3 is 4.74 Å². The molecule has 0 radical (unpaired) electrons. The highest BCUT2D eigenvalue weighted by atomic mass is 16.5. The van der Waals surface area contributed by atoms with E-state index in [2.05, 4.69) is 96.8 Å². The maximum Gasteiger partial charge on any atom is 0.310 e. The van der Waals surface area contributed by atoms with Crippen LogP contribution >= 0.6 is 0 Å². The summed E-state index contributed by atoms with van der Waals surface area (Å²) in [6, 6.07) is 17.9. The van der Waals surface area contributed by atoms with Crippen molar-refractivity contribution in [2.24, 2.45) is 11.3 Å². The summed E-state index contributed by atoms with van der Waals surface area (Å²) in [7, 11) is 0. The molecule has 1 aliphatic carbocycles. The lowest BCUT2D eigenvalue weighted by Gasteiger charge is -2.34. The summed E-state index contributed by atoms with van der Waals surface area (Å²) in [5, 5.41) is 0. The van der Waals surface area contributed by atoms with Crippen molar-refractivity contribution in [2.75, 3.05) is 6.61 Å². The van der Waals surface area contributed by atoms with E-state index in [0.29, 0.717) is 12.0 Å².